The van der Waals surface area contributed by atoms with Gasteiger partial charge in [0.1, 0.15) is 41.6 Å². The zero-order valence-electron chi connectivity index (χ0n) is 19.3. The number of anilines is 1. The lowest BCUT2D eigenvalue weighted by Crippen LogP contribution is -2.21. The molecule has 4 rings (SSSR count). The summed E-state index contributed by atoms with van der Waals surface area (Å²) in [5, 5.41) is 29.4. The lowest BCUT2D eigenvalue weighted by atomic mass is 10.00. The molecule has 0 unspecified atom stereocenters. The number of ether oxygens (including phenoxy) is 1. The number of aliphatic hydroxyl groups is 2. The summed E-state index contributed by atoms with van der Waals surface area (Å²) in [4.78, 5) is 12.3. The molecule has 11 heteroatoms. The lowest BCUT2D eigenvalue weighted by molar-refractivity contribution is 0.0536. The van der Waals surface area contributed by atoms with E-state index in [0.717, 1.165) is 5.56 Å². The highest BCUT2D eigenvalue weighted by atomic mass is 35.5. The molecular formula is C26H20ClN5O4S. The van der Waals surface area contributed by atoms with Gasteiger partial charge in [0, 0.05) is 21.9 Å². The van der Waals surface area contributed by atoms with Crippen LogP contribution in [0.1, 0.15) is 11.3 Å². The molecule has 1 atom stereocenters. The maximum absolute atomic E-state index is 10.0. The van der Waals surface area contributed by atoms with Crippen LogP contribution in [-0.4, -0.2) is 39.5 Å². The van der Waals surface area contributed by atoms with E-state index in [-0.39, 0.29) is 23.7 Å². The molecule has 0 saturated heterocycles. The third-order valence-electron chi connectivity index (χ3n) is 5.18. The highest BCUT2D eigenvalue weighted by Gasteiger charge is 2.21. The number of nitrogen functional groups attached to an aromatic ring is 1. The minimum Gasteiger partial charge on any atom is -0.491 e. The van der Waals surface area contributed by atoms with E-state index in [0.29, 0.717) is 44.3 Å². The van der Waals surface area contributed by atoms with E-state index in [1.165, 1.54) is 18.0 Å². The Morgan fingerprint density at radius 2 is 1.86 bits per heavy atom. The zero-order valence-corrected chi connectivity index (χ0v) is 20.8. The van der Waals surface area contributed by atoms with Crippen molar-refractivity contribution in [3.05, 3.63) is 82.5 Å². The fourth-order valence-corrected chi connectivity index (χ4v) is 4.38. The van der Waals surface area contributed by atoms with Gasteiger partial charge in [-0.3, -0.25) is 0 Å². The van der Waals surface area contributed by atoms with Crippen LogP contribution in [0.2, 0.25) is 5.02 Å². The van der Waals surface area contributed by atoms with E-state index in [1.54, 1.807) is 36.4 Å². The van der Waals surface area contributed by atoms with Gasteiger partial charge in [0.15, 0.2) is 0 Å². The predicted molar refractivity (Wildman–Crippen MR) is 140 cm³/mol. The van der Waals surface area contributed by atoms with E-state index < -0.39 is 12.7 Å². The molecule has 4 N–H and O–H groups in total. The van der Waals surface area contributed by atoms with Crippen LogP contribution in [0.5, 0.6) is 5.75 Å². The molecule has 0 aliphatic heterocycles. The van der Waals surface area contributed by atoms with Crippen molar-refractivity contribution in [3.63, 3.8) is 0 Å². The molecular weight excluding hydrogens is 514 g/mol. The summed E-state index contributed by atoms with van der Waals surface area (Å²) >= 11 is 7.20. The van der Waals surface area contributed by atoms with Gasteiger partial charge in [0.2, 0.25) is 11.6 Å². The Labute approximate surface area is 221 Å². The standard InChI is InChI=1S/C26H20ClN5O4S/c1-30-23-22(15-4-8-20(9-5-15)35-13-19(34)11-33)21(10-28)26(32-24(23)29)37-14-18-12-36-25(31-18)16-2-6-17(27)7-3-16/h2-9,12,19,33-34H,11,13-14H2,(H2,29,32)/t19-/m1/s1. The number of thioether (sulfide) groups is 1. The van der Waals surface area contributed by atoms with Gasteiger partial charge in [0.05, 0.1) is 24.4 Å². The van der Waals surface area contributed by atoms with Gasteiger partial charge >= 0.3 is 0 Å². The number of aromatic nitrogens is 2. The van der Waals surface area contributed by atoms with Crippen molar-refractivity contribution in [2.75, 3.05) is 18.9 Å². The van der Waals surface area contributed by atoms with Crippen molar-refractivity contribution in [1.82, 2.24) is 9.97 Å². The second-order valence-electron chi connectivity index (χ2n) is 7.74. The molecule has 0 fully saturated rings. The smallest absolute Gasteiger partial charge is 0.236 e. The lowest BCUT2D eigenvalue weighted by Gasteiger charge is -2.14. The van der Waals surface area contributed by atoms with Gasteiger partial charge in [0.25, 0.3) is 0 Å². The van der Waals surface area contributed by atoms with Crippen LogP contribution < -0.4 is 10.5 Å². The molecule has 0 radical (unpaired) electrons. The highest BCUT2D eigenvalue weighted by Crippen LogP contribution is 2.42. The summed E-state index contributed by atoms with van der Waals surface area (Å²) in [6.45, 7) is 7.13. The van der Waals surface area contributed by atoms with Crippen LogP contribution in [0, 0.1) is 17.9 Å². The van der Waals surface area contributed by atoms with E-state index in [9.17, 15) is 10.4 Å². The van der Waals surface area contributed by atoms with Crippen LogP contribution in [0.3, 0.4) is 0 Å². The molecule has 0 saturated carbocycles. The monoisotopic (exact) mass is 533 g/mol. The minimum absolute atomic E-state index is 0.0138. The normalized spacial score (nSPS) is 11.5. The Morgan fingerprint density at radius 3 is 2.51 bits per heavy atom. The van der Waals surface area contributed by atoms with Crippen LogP contribution in [-0.2, 0) is 5.75 Å². The summed E-state index contributed by atoms with van der Waals surface area (Å²) in [5.41, 5.74) is 8.79. The van der Waals surface area contributed by atoms with E-state index in [1.807, 2.05) is 12.1 Å². The third kappa shape index (κ3) is 6.02. The first-order valence-electron chi connectivity index (χ1n) is 10.9. The minimum atomic E-state index is -0.995. The van der Waals surface area contributed by atoms with E-state index in [4.69, 9.17) is 38.2 Å². The average molecular weight is 534 g/mol. The first-order chi connectivity index (χ1) is 17.9. The summed E-state index contributed by atoms with van der Waals surface area (Å²) in [5.74, 6) is 1.27. The molecule has 9 nitrogen and oxygen atoms in total. The molecule has 0 aliphatic carbocycles. The molecule has 4 aromatic rings. The molecule has 2 heterocycles. The Balaban J connectivity index is 1.60. The van der Waals surface area contributed by atoms with Crippen LogP contribution >= 0.6 is 23.4 Å². The molecule has 37 heavy (non-hydrogen) atoms. The number of rotatable bonds is 9. The number of halogens is 1. The largest absolute Gasteiger partial charge is 0.491 e. The van der Waals surface area contributed by atoms with Crippen molar-refractivity contribution in [2.45, 2.75) is 16.9 Å². The first kappa shape index (κ1) is 26.0. The van der Waals surface area contributed by atoms with E-state index in [2.05, 4.69) is 20.9 Å². The maximum atomic E-state index is 10.0. The molecule has 2 aromatic carbocycles. The van der Waals surface area contributed by atoms with Crippen LogP contribution in [0.4, 0.5) is 11.5 Å². The number of nitriles is 1. The van der Waals surface area contributed by atoms with E-state index >= 15 is 0 Å². The van der Waals surface area contributed by atoms with Crippen molar-refractivity contribution >= 4 is 34.9 Å². The fourth-order valence-electron chi connectivity index (χ4n) is 3.38. The van der Waals surface area contributed by atoms with Gasteiger partial charge in [-0.15, -0.1) is 0 Å². The molecule has 0 amide bonds. The van der Waals surface area contributed by atoms with Gasteiger partial charge in [-0.05, 0) is 42.0 Å². The van der Waals surface area contributed by atoms with Crippen molar-refractivity contribution < 1.29 is 19.4 Å². The number of oxazole rings is 1. The number of hydrogen-bond donors (Lipinski definition) is 3. The van der Waals surface area contributed by atoms with Crippen LogP contribution in [0.25, 0.3) is 27.4 Å². The summed E-state index contributed by atoms with van der Waals surface area (Å²) < 4.78 is 11.0. The van der Waals surface area contributed by atoms with Gasteiger partial charge in [-0.2, -0.15) is 5.26 Å². The predicted octanol–water partition coefficient (Wildman–Crippen LogP) is 5.09. The molecule has 2 aromatic heterocycles. The van der Waals surface area contributed by atoms with Crippen LogP contribution in [0.15, 0.2) is 64.2 Å². The summed E-state index contributed by atoms with van der Waals surface area (Å²) in [6, 6.07) is 15.9. The fraction of sp³-hybridized carbons (Fsp3) is 0.154. The number of benzene rings is 2. The summed E-state index contributed by atoms with van der Waals surface area (Å²) in [7, 11) is 0. The second-order valence-corrected chi connectivity index (χ2v) is 9.14. The zero-order chi connectivity index (χ0) is 26.4. The molecule has 0 bridgehead atoms. The number of nitrogens with zero attached hydrogens (tertiary/aromatic N) is 4. The van der Waals surface area contributed by atoms with Crippen molar-refractivity contribution in [2.24, 2.45) is 0 Å². The topological polar surface area (TPSA) is 143 Å². The number of aliphatic hydroxyl groups excluding tert-OH is 2. The Kier molecular flexibility index (Phi) is 8.29. The molecule has 186 valence electrons. The van der Waals surface area contributed by atoms with Gasteiger partial charge in [-0.25, -0.2) is 14.8 Å². The van der Waals surface area contributed by atoms with Gasteiger partial charge in [-0.1, -0.05) is 35.5 Å². The number of nitrogens with two attached hydrogens (primary N) is 1. The SMILES string of the molecule is [C-]#[N+]c1c(N)nc(SCc2coc(-c3ccc(Cl)cc3)n2)c(C#N)c1-c1ccc(OC[C@H](O)CO)cc1. The quantitative estimate of drug-likeness (QED) is 0.198. The highest BCUT2D eigenvalue weighted by molar-refractivity contribution is 7.98. The summed E-state index contributed by atoms with van der Waals surface area (Å²) in [6.07, 6.45) is 0.540. The maximum Gasteiger partial charge on any atom is 0.236 e. The Morgan fingerprint density at radius 1 is 1.16 bits per heavy atom. The Hall–Kier alpha value is -4.06. The Bertz CT molecular complexity index is 1480. The number of hydrogen-bond acceptors (Lipinski definition) is 9. The third-order valence-corrected chi connectivity index (χ3v) is 6.45. The number of pyridine rings is 1. The average Bonchev–Trinajstić information content (AvgIpc) is 3.39. The van der Waals surface area contributed by atoms with Crippen molar-refractivity contribution in [1.29, 1.82) is 5.26 Å². The van der Waals surface area contributed by atoms with Crippen molar-refractivity contribution in [3.8, 4) is 34.4 Å². The second kappa shape index (κ2) is 11.8. The molecule has 0 aliphatic rings. The first-order valence-corrected chi connectivity index (χ1v) is 12.3. The molecule has 0 spiro atoms. The van der Waals surface area contributed by atoms with Gasteiger partial charge < -0.3 is 25.1 Å².